The predicted molar refractivity (Wildman–Crippen MR) is 114 cm³/mol. The van der Waals surface area contributed by atoms with Crippen molar-refractivity contribution in [2.24, 2.45) is 0 Å². The molecule has 3 aromatic rings. The number of nitrogens with one attached hydrogen (secondary N) is 1. The fourth-order valence-electron chi connectivity index (χ4n) is 3.37. The summed E-state index contributed by atoms with van der Waals surface area (Å²) in [5.74, 6) is -0.530. The Hall–Kier alpha value is -3.58. The van der Waals surface area contributed by atoms with E-state index in [-0.39, 0.29) is 24.6 Å². The maximum absolute atomic E-state index is 12.0. The predicted octanol–water partition coefficient (Wildman–Crippen LogP) is 3.11. The molecule has 0 spiro atoms. The fourth-order valence-corrected chi connectivity index (χ4v) is 3.37. The highest BCUT2D eigenvalue weighted by molar-refractivity contribution is 5.93. The van der Waals surface area contributed by atoms with Gasteiger partial charge in [-0.15, -0.1) is 0 Å². The minimum atomic E-state index is -0.368. The number of para-hydroxylation sites is 2. The Morgan fingerprint density at radius 1 is 1.03 bits per heavy atom. The summed E-state index contributed by atoms with van der Waals surface area (Å²) < 4.78 is 12.5. The molecule has 2 heterocycles. The summed E-state index contributed by atoms with van der Waals surface area (Å²) in [6, 6.07) is 18.6. The largest absolute Gasteiger partial charge is 0.465 e. The van der Waals surface area contributed by atoms with Gasteiger partial charge in [-0.1, -0.05) is 30.3 Å². The number of carbonyl (C=O) groups is 2. The van der Waals surface area contributed by atoms with Gasteiger partial charge in [0, 0.05) is 31.2 Å². The SMILES string of the molecule is COC(=O)c1ccccc1-n1ccc(N2CC(OCC(=O)Nc3ccccc3)C2)c1. The average Bonchev–Trinajstić information content (AvgIpc) is 3.22. The van der Waals surface area contributed by atoms with E-state index in [1.165, 1.54) is 7.11 Å². The van der Waals surface area contributed by atoms with Crippen LogP contribution < -0.4 is 10.2 Å². The first-order chi connectivity index (χ1) is 14.6. The molecular weight excluding hydrogens is 382 g/mol. The smallest absolute Gasteiger partial charge is 0.339 e. The third kappa shape index (κ3) is 4.36. The van der Waals surface area contributed by atoms with E-state index in [1.54, 1.807) is 6.07 Å². The average molecular weight is 405 g/mol. The van der Waals surface area contributed by atoms with Gasteiger partial charge in [-0.05, 0) is 30.3 Å². The third-order valence-corrected chi connectivity index (χ3v) is 4.99. The van der Waals surface area contributed by atoms with Crippen LogP contribution in [0.4, 0.5) is 11.4 Å². The number of aromatic nitrogens is 1. The van der Waals surface area contributed by atoms with Gasteiger partial charge in [0.2, 0.25) is 5.91 Å². The highest BCUT2D eigenvalue weighted by Crippen LogP contribution is 2.26. The van der Waals surface area contributed by atoms with E-state index in [0.29, 0.717) is 18.7 Å². The fraction of sp³-hybridized carbons (Fsp3) is 0.217. The molecule has 0 radical (unpaired) electrons. The molecule has 154 valence electrons. The number of benzene rings is 2. The second-order valence-electron chi connectivity index (χ2n) is 7.04. The quantitative estimate of drug-likeness (QED) is 0.612. The van der Waals surface area contributed by atoms with Gasteiger partial charge in [0.05, 0.1) is 30.2 Å². The van der Waals surface area contributed by atoms with Crippen LogP contribution in [0, 0.1) is 0 Å². The molecule has 1 fully saturated rings. The van der Waals surface area contributed by atoms with Crippen LogP contribution in [0.15, 0.2) is 73.1 Å². The number of hydrogen-bond donors (Lipinski definition) is 1. The van der Waals surface area contributed by atoms with Crippen molar-refractivity contribution < 1.29 is 19.1 Å². The number of amides is 1. The van der Waals surface area contributed by atoms with Crippen molar-refractivity contribution in [1.82, 2.24) is 4.57 Å². The Morgan fingerprint density at radius 3 is 2.53 bits per heavy atom. The molecule has 0 bridgehead atoms. The molecule has 0 aliphatic carbocycles. The number of ether oxygens (including phenoxy) is 2. The molecule has 7 nitrogen and oxygen atoms in total. The first-order valence-electron chi connectivity index (χ1n) is 9.71. The van der Waals surface area contributed by atoms with Gasteiger partial charge >= 0.3 is 5.97 Å². The van der Waals surface area contributed by atoms with Crippen molar-refractivity contribution in [3.05, 3.63) is 78.6 Å². The summed E-state index contributed by atoms with van der Waals surface area (Å²) in [7, 11) is 1.38. The lowest BCUT2D eigenvalue weighted by atomic mass is 10.1. The number of nitrogens with zero attached hydrogens (tertiary/aromatic N) is 2. The molecule has 1 saturated heterocycles. The minimum Gasteiger partial charge on any atom is -0.465 e. The third-order valence-electron chi connectivity index (χ3n) is 4.99. The molecular formula is C23H23N3O4. The molecule has 0 saturated carbocycles. The lowest BCUT2D eigenvalue weighted by molar-refractivity contribution is -0.123. The second-order valence-corrected chi connectivity index (χ2v) is 7.04. The normalized spacial score (nSPS) is 13.6. The zero-order chi connectivity index (χ0) is 20.9. The monoisotopic (exact) mass is 405 g/mol. The van der Waals surface area contributed by atoms with E-state index in [4.69, 9.17) is 9.47 Å². The zero-order valence-corrected chi connectivity index (χ0v) is 16.7. The van der Waals surface area contributed by atoms with E-state index < -0.39 is 0 Å². The van der Waals surface area contributed by atoms with Crippen LogP contribution in [-0.2, 0) is 14.3 Å². The van der Waals surface area contributed by atoms with Crippen LogP contribution in [0.1, 0.15) is 10.4 Å². The minimum absolute atomic E-state index is 0.0113. The number of methoxy groups -OCH3 is 1. The summed E-state index contributed by atoms with van der Waals surface area (Å²) in [5, 5.41) is 2.81. The standard InChI is InChI=1S/C23H23N3O4/c1-29-23(28)20-9-5-6-10-21(20)25-12-11-18(13-25)26-14-19(15-26)30-16-22(27)24-17-7-3-2-4-8-17/h2-13,19H,14-16H2,1H3,(H,24,27). The summed E-state index contributed by atoms with van der Waals surface area (Å²) >= 11 is 0. The van der Waals surface area contributed by atoms with Crippen molar-refractivity contribution >= 4 is 23.3 Å². The van der Waals surface area contributed by atoms with Crippen molar-refractivity contribution in [1.29, 1.82) is 0 Å². The van der Waals surface area contributed by atoms with E-state index in [9.17, 15) is 9.59 Å². The Balaban J connectivity index is 1.30. The van der Waals surface area contributed by atoms with Gasteiger partial charge in [0.1, 0.15) is 6.61 Å². The van der Waals surface area contributed by atoms with Crippen LogP contribution in [0.25, 0.3) is 5.69 Å². The number of hydrogen-bond acceptors (Lipinski definition) is 5. The highest BCUT2D eigenvalue weighted by Gasteiger charge is 2.29. The lowest BCUT2D eigenvalue weighted by Crippen LogP contribution is -2.52. The lowest BCUT2D eigenvalue weighted by Gasteiger charge is -2.39. The molecule has 7 heteroatoms. The van der Waals surface area contributed by atoms with Crippen molar-refractivity contribution in [3.8, 4) is 5.69 Å². The van der Waals surface area contributed by atoms with Crippen molar-refractivity contribution in [3.63, 3.8) is 0 Å². The molecule has 1 amide bonds. The Bertz CT molecular complexity index is 1030. The number of esters is 1. The van der Waals surface area contributed by atoms with Crippen LogP contribution in [-0.4, -0.2) is 49.4 Å². The molecule has 2 aromatic carbocycles. The zero-order valence-electron chi connectivity index (χ0n) is 16.7. The van der Waals surface area contributed by atoms with Crippen LogP contribution in [0.3, 0.4) is 0 Å². The van der Waals surface area contributed by atoms with Gasteiger partial charge in [-0.2, -0.15) is 0 Å². The summed E-state index contributed by atoms with van der Waals surface area (Å²) in [6.45, 7) is 1.45. The molecule has 30 heavy (non-hydrogen) atoms. The summed E-state index contributed by atoms with van der Waals surface area (Å²) in [4.78, 5) is 26.2. The summed E-state index contributed by atoms with van der Waals surface area (Å²) in [6.07, 6.45) is 3.90. The van der Waals surface area contributed by atoms with E-state index in [0.717, 1.165) is 17.1 Å². The Kier molecular flexibility index (Phi) is 5.81. The summed E-state index contributed by atoms with van der Waals surface area (Å²) in [5.41, 5.74) is 3.07. The Morgan fingerprint density at radius 2 is 1.77 bits per heavy atom. The van der Waals surface area contributed by atoms with Gasteiger partial charge in [0.25, 0.3) is 0 Å². The highest BCUT2D eigenvalue weighted by atomic mass is 16.5. The van der Waals surface area contributed by atoms with Gasteiger partial charge in [-0.25, -0.2) is 4.79 Å². The van der Waals surface area contributed by atoms with Crippen LogP contribution in [0.5, 0.6) is 0 Å². The van der Waals surface area contributed by atoms with E-state index in [1.807, 2.05) is 71.6 Å². The molecule has 1 aliphatic heterocycles. The molecule has 4 rings (SSSR count). The number of anilines is 2. The molecule has 0 unspecified atom stereocenters. The number of carbonyl (C=O) groups excluding carboxylic acids is 2. The molecule has 1 aliphatic rings. The van der Waals surface area contributed by atoms with Gasteiger partial charge in [-0.3, -0.25) is 4.79 Å². The van der Waals surface area contributed by atoms with Gasteiger partial charge in [0.15, 0.2) is 0 Å². The first kappa shape index (κ1) is 19.7. The maximum Gasteiger partial charge on any atom is 0.339 e. The van der Waals surface area contributed by atoms with Crippen molar-refractivity contribution in [2.75, 3.05) is 37.0 Å². The first-order valence-corrected chi connectivity index (χ1v) is 9.71. The van der Waals surface area contributed by atoms with Gasteiger partial charge < -0.3 is 24.3 Å². The van der Waals surface area contributed by atoms with E-state index in [2.05, 4.69) is 10.2 Å². The van der Waals surface area contributed by atoms with Crippen LogP contribution >= 0.6 is 0 Å². The molecule has 1 N–H and O–H groups in total. The number of rotatable bonds is 7. The molecule has 1 aromatic heterocycles. The maximum atomic E-state index is 12.0. The second kappa shape index (κ2) is 8.84. The van der Waals surface area contributed by atoms with Crippen molar-refractivity contribution in [2.45, 2.75) is 6.10 Å². The van der Waals surface area contributed by atoms with E-state index >= 15 is 0 Å². The van der Waals surface area contributed by atoms with Crippen LogP contribution in [0.2, 0.25) is 0 Å². The Labute approximate surface area is 174 Å². The molecule has 0 atom stereocenters. The topological polar surface area (TPSA) is 72.8 Å².